The van der Waals surface area contributed by atoms with E-state index < -0.39 is 9.84 Å². The molecule has 0 aromatic heterocycles. The van der Waals surface area contributed by atoms with Crippen LogP contribution >= 0.6 is 11.6 Å². The van der Waals surface area contributed by atoms with Crippen LogP contribution in [0.4, 0.5) is 11.4 Å². The van der Waals surface area contributed by atoms with Crippen LogP contribution in [0.2, 0.25) is 5.02 Å². The summed E-state index contributed by atoms with van der Waals surface area (Å²) < 4.78 is 22.9. The molecular formula is C11H15ClN2O2S. The largest absolute Gasteiger partial charge is 0.397 e. The molecule has 1 fully saturated rings. The highest BCUT2D eigenvalue weighted by molar-refractivity contribution is 7.91. The molecule has 1 aliphatic rings. The summed E-state index contributed by atoms with van der Waals surface area (Å²) in [6.45, 7) is 0. The monoisotopic (exact) mass is 274 g/mol. The second-order valence-corrected chi connectivity index (χ2v) is 7.04. The van der Waals surface area contributed by atoms with Crippen molar-refractivity contribution in [3.05, 3.63) is 23.2 Å². The van der Waals surface area contributed by atoms with Crippen LogP contribution in [0.15, 0.2) is 18.2 Å². The number of nitrogens with two attached hydrogens (primary N) is 1. The molecule has 6 heteroatoms. The Morgan fingerprint density at radius 2 is 2.18 bits per heavy atom. The summed E-state index contributed by atoms with van der Waals surface area (Å²) in [5.74, 6) is 0.442. The number of sulfone groups is 1. The molecule has 0 bridgehead atoms. The van der Waals surface area contributed by atoms with E-state index >= 15 is 0 Å². The van der Waals surface area contributed by atoms with Crippen LogP contribution in [0.1, 0.15) is 6.42 Å². The minimum atomic E-state index is -2.89. The fourth-order valence-corrected chi connectivity index (χ4v) is 4.04. The van der Waals surface area contributed by atoms with E-state index in [1.54, 1.807) is 18.2 Å². The molecule has 1 saturated heterocycles. The molecule has 1 atom stereocenters. The van der Waals surface area contributed by atoms with E-state index in [-0.39, 0.29) is 17.5 Å². The van der Waals surface area contributed by atoms with Gasteiger partial charge in [-0.1, -0.05) is 11.6 Å². The van der Waals surface area contributed by atoms with Gasteiger partial charge in [0.1, 0.15) is 0 Å². The number of rotatable bonds is 2. The molecule has 1 aliphatic heterocycles. The first-order chi connectivity index (χ1) is 7.89. The van der Waals surface area contributed by atoms with Gasteiger partial charge >= 0.3 is 0 Å². The number of halogens is 1. The highest BCUT2D eigenvalue weighted by atomic mass is 35.5. The Hall–Kier alpha value is -0.940. The normalized spacial score (nSPS) is 22.6. The smallest absolute Gasteiger partial charge is 0.152 e. The van der Waals surface area contributed by atoms with Gasteiger partial charge in [0, 0.05) is 18.1 Å². The van der Waals surface area contributed by atoms with E-state index in [1.807, 2.05) is 11.9 Å². The first kappa shape index (κ1) is 12.5. The average Bonchev–Trinajstić information content (AvgIpc) is 2.61. The number of benzene rings is 1. The van der Waals surface area contributed by atoms with Gasteiger partial charge in [0.15, 0.2) is 9.84 Å². The topological polar surface area (TPSA) is 63.4 Å². The molecule has 1 aromatic rings. The first-order valence-corrected chi connectivity index (χ1v) is 7.57. The molecule has 2 rings (SSSR count). The molecule has 0 aliphatic carbocycles. The summed E-state index contributed by atoms with van der Waals surface area (Å²) >= 11 is 5.92. The maximum atomic E-state index is 11.4. The SMILES string of the molecule is CN(c1cc(Cl)ccc1N)C1CCS(=O)(=O)C1. The van der Waals surface area contributed by atoms with Crippen molar-refractivity contribution in [1.82, 2.24) is 0 Å². The lowest BCUT2D eigenvalue weighted by atomic mass is 10.2. The molecule has 1 unspecified atom stereocenters. The lowest BCUT2D eigenvalue weighted by Crippen LogP contribution is -2.33. The predicted octanol–water partition coefficient (Wildman–Crippen LogP) is 1.55. The summed E-state index contributed by atoms with van der Waals surface area (Å²) in [6, 6.07) is 5.21. The Morgan fingerprint density at radius 1 is 1.47 bits per heavy atom. The van der Waals surface area contributed by atoms with Crippen molar-refractivity contribution in [2.24, 2.45) is 0 Å². The van der Waals surface area contributed by atoms with Gasteiger partial charge in [-0.25, -0.2) is 8.42 Å². The average molecular weight is 275 g/mol. The van der Waals surface area contributed by atoms with E-state index in [1.165, 1.54) is 0 Å². The molecule has 0 saturated carbocycles. The van der Waals surface area contributed by atoms with Crippen LogP contribution in [0, 0.1) is 0 Å². The number of nitrogen functional groups attached to an aromatic ring is 1. The van der Waals surface area contributed by atoms with E-state index in [9.17, 15) is 8.42 Å². The fourth-order valence-electron chi connectivity index (χ4n) is 2.10. The van der Waals surface area contributed by atoms with Crippen molar-refractivity contribution >= 4 is 32.8 Å². The van der Waals surface area contributed by atoms with E-state index in [0.29, 0.717) is 17.1 Å². The maximum absolute atomic E-state index is 11.4. The number of nitrogens with zero attached hydrogens (tertiary/aromatic N) is 1. The van der Waals surface area contributed by atoms with Crippen molar-refractivity contribution in [2.75, 3.05) is 29.2 Å². The third-order valence-electron chi connectivity index (χ3n) is 3.13. The standard InChI is InChI=1S/C11H15ClN2O2S/c1-14(9-4-5-17(15,16)7-9)11-6-8(12)2-3-10(11)13/h2-3,6,9H,4-5,7,13H2,1H3. The molecule has 17 heavy (non-hydrogen) atoms. The van der Waals surface area contributed by atoms with Crippen LogP contribution in [0.3, 0.4) is 0 Å². The van der Waals surface area contributed by atoms with E-state index in [2.05, 4.69) is 0 Å². The minimum Gasteiger partial charge on any atom is -0.397 e. The van der Waals surface area contributed by atoms with Gasteiger partial charge in [-0.3, -0.25) is 0 Å². The highest BCUT2D eigenvalue weighted by Crippen LogP contribution is 2.30. The zero-order valence-corrected chi connectivity index (χ0v) is 11.1. The van der Waals surface area contributed by atoms with Gasteiger partial charge in [0.25, 0.3) is 0 Å². The minimum absolute atomic E-state index is 0.0132. The van der Waals surface area contributed by atoms with Gasteiger partial charge in [-0.2, -0.15) is 0 Å². The zero-order chi connectivity index (χ0) is 12.6. The Morgan fingerprint density at radius 3 is 2.76 bits per heavy atom. The van der Waals surface area contributed by atoms with E-state index in [0.717, 1.165) is 5.69 Å². The third kappa shape index (κ3) is 2.66. The van der Waals surface area contributed by atoms with Crippen LogP contribution < -0.4 is 10.6 Å². The summed E-state index contributed by atoms with van der Waals surface area (Å²) in [4.78, 5) is 1.91. The second kappa shape index (κ2) is 4.38. The Kier molecular flexibility index (Phi) is 3.23. The lowest BCUT2D eigenvalue weighted by molar-refractivity contribution is 0.601. The predicted molar refractivity (Wildman–Crippen MR) is 71.3 cm³/mol. The molecular weight excluding hydrogens is 260 g/mol. The molecule has 94 valence electrons. The zero-order valence-electron chi connectivity index (χ0n) is 9.56. The summed E-state index contributed by atoms with van der Waals surface area (Å²) in [5, 5.41) is 0.599. The fraction of sp³-hybridized carbons (Fsp3) is 0.455. The molecule has 2 N–H and O–H groups in total. The molecule has 0 radical (unpaired) electrons. The van der Waals surface area contributed by atoms with Crippen molar-refractivity contribution in [2.45, 2.75) is 12.5 Å². The summed E-state index contributed by atoms with van der Waals surface area (Å²) in [5.41, 5.74) is 7.28. The third-order valence-corrected chi connectivity index (χ3v) is 5.11. The molecule has 1 aromatic carbocycles. The van der Waals surface area contributed by atoms with Gasteiger partial charge in [-0.05, 0) is 24.6 Å². The van der Waals surface area contributed by atoms with Crippen molar-refractivity contribution in [1.29, 1.82) is 0 Å². The van der Waals surface area contributed by atoms with Gasteiger partial charge in [0.2, 0.25) is 0 Å². The second-order valence-electron chi connectivity index (χ2n) is 4.37. The van der Waals surface area contributed by atoms with Crippen molar-refractivity contribution < 1.29 is 8.42 Å². The quantitative estimate of drug-likeness (QED) is 0.831. The Bertz CT molecular complexity index is 530. The molecule has 1 heterocycles. The van der Waals surface area contributed by atoms with Crippen LogP contribution in [-0.4, -0.2) is 33.0 Å². The van der Waals surface area contributed by atoms with Gasteiger partial charge < -0.3 is 10.6 Å². The Labute approximate surface area is 106 Å². The van der Waals surface area contributed by atoms with Gasteiger partial charge in [-0.15, -0.1) is 0 Å². The van der Waals surface area contributed by atoms with Crippen molar-refractivity contribution in [3.63, 3.8) is 0 Å². The van der Waals surface area contributed by atoms with Gasteiger partial charge in [0.05, 0.1) is 22.9 Å². The Balaban J connectivity index is 2.26. The number of hydrogen-bond donors (Lipinski definition) is 1. The lowest BCUT2D eigenvalue weighted by Gasteiger charge is -2.27. The number of anilines is 2. The van der Waals surface area contributed by atoms with Crippen LogP contribution in [0.5, 0.6) is 0 Å². The van der Waals surface area contributed by atoms with Crippen LogP contribution in [0.25, 0.3) is 0 Å². The first-order valence-electron chi connectivity index (χ1n) is 5.37. The van der Waals surface area contributed by atoms with E-state index in [4.69, 9.17) is 17.3 Å². The maximum Gasteiger partial charge on any atom is 0.152 e. The molecule has 4 nitrogen and oxygen atoms in total. The van der Waals surface area contributed by atoms with Crippen LogP contribution in [-0.2, 0) is 9.84 Å². The summed E-state index contributed by atoms with van der Waals surface area (Å²) in [7, 11) is -1.03. The van der Waals surface area contributed by atoms with Crippen molar-refractivity contribution in [3.8, 4) is 0 Å². The highest BCUT2D eigenvalue weighted by Gasteiger charge is 2.31. The molecule has 0 amide bonds. The number of hydrogen-bond acceptors (Lipinski definition) is 4. The molecule has 0 spiro atoms. The summed E-state index contributed by atoms with van der Waals surface area (Å²) in [6.07, 6.45) is 0.644.